The van der Waals surface area contributed by atoms with Crippen LogP contribution >= 0.6 is 11.6 Å². The Hall–Kier alpha value is -2.57. The lowest BCUT2D eigenvalue weighted by Crippen LogP contribution is -2.55. The number of aliphatic imine (C=N–C) groups is 1. The van der Waals surface area contributed by atoms with Gasteiger partial charge in [-0.05, 0) is 48.2 Å². The van der Waals surface area contributed by atoms with Crippen molar-refractivity contribution in [3.63, 3.8) is 0 Å². The molecule has 5 rings (SSSR count). The van der Waals surface area contributed by atoms with Crippen molar-refractivity contribution in [1.82, 2.24) is 4.90 Å². The molecule has 1 fully saturated rings. The maximum absolute atomic E-state index is 13.4. The first-order valence-electron chi connectivity index (χ1n) is 9.73. The van der Waals surface area contributed by atoms with Crippen molar-refractivity contribution in [2.24, 2.45) is 10.7 Å². The number of guanidine groups is 1. The Bertz CT molecular complexity index is 1030. The zero-order valence-electron chi connectivity index (χ0n) is 16.2. The SMILES string of the molecule is CN1C(=O)[C@@]2(C[C@]3(CCCOC3)Oc3ccc(-c4cccc(Cl)c4)cc32)N=C1N. The molecular formula is C22H22ClN3O3. The lowest BCUT2D eigenvalue weighted by Gasteiger charge is -2.46. The fraction of sp³-hybridized carbons (Fsp3) is 0.364. The Morgan fingerprint density at radius 3 is 2.72 bits per heavy atom. The van der Waals surface area contributed by atoms with E-state index in [1.54, 1.807) is 7.05 Å². The number of carbonyl (C=O) groups excluding carboxylic acids is 1. The molecule has 7 heteroatoms. The van der Waals surface area contributed by atoms with Crippen molar-refractivity contribution in [2.75, 3.05) is 20.3 Å². The van der Waals surface area contributed by atoms with Crippen molar-refractivity contribution in [3.05, 3.63) is 53.1 Å². The van der Waals surface area contributed by atoms with E-state index in [0.29, 0.717) is 30.4 Å². The second-order valence-corrected chi connectivity index (χ2v) is 8.47. The molecular weight excluding hydrogens is 390 g/mol. The molecule has 0 saturated carbocycles. The highest BCUT2D eigenvalue weighted by atomic mass is 35.5. The average Bonchev–Trinajstić information content (AvgIpc) is 2.92. The second-order valence-electron chi connectivity index (χ2n) is 8.03. The lowest BCUT2D eigenvalue weighted by molar-refractivity contribution is -0.139. The summed E-state index contributed by atoms with van der Waals surface area (Å²) in [6.07, 6.45) is 2.11. The van der Waals surface area contributed by atoms with Crippen LogP contribution in [0.1, 0.15) is 24.8 Å². The number of amides is 1. The van der Waals surface area contributed by atoms with Crippen LogP contribution in [0.5, 0.6) is 5.75 Å². The maximum atomic E-state index is 13.4. The van der Waals surface area contributed by atoms with Crippen LogP contribution in [0.4, 0.5) is 0 Å². The normalized spacial score (nSPS) is 28.4. The molecule has 1 saturated heterocycles. The van der Waals surface area contributed by atoms with E-state index in [0.717, 1.165) is 29.5 Å². The minimum Gasteiger partial charge on any atom is -0.484 e. The van der Waals surface area contributed by atoms with E-state index in [1.807, 2.05) is 42.5 Å². The summed E-state index contributed by atoms with van der Waals surface area (Å²) < 4.78 is 12.2. The van der Waals surface area contributed by atoms with Crippen molar-refractivity contribution in [2.45, 2.75) is 30.4 Å². The Morgan fingerprint density at radius 2 is 2.03 bits per heavy atom. The molecule has 2 aromatic rings. The van der Waals surface area contributed by atoms with Gasteiger partial charge in [0, 0.05) is 30.7 Å². The zero-order valence-corrected chi connectivity index (χ0v) is 16.9. The molecule has 3 aliphatic heterocycles. The molecule has 29 heavy (non-hydrogen) atoms. The van der Waals surface area contributed by atoms with E-state index in [9.17, 15) is 4.79 Å². The van der Waals surface area contributed by atoms with Gasteiger partial charge in [-0.2, -0.15) is 0 Å². The standard InChI is InChI=1S/C22H22ClN3O3/c1-26-19(27)22(25-20(26)24)12-21(8-3-9-28-13-21)29-18-7-6-15(11-17(18)22)14-4-2-5-16(23)10-14/h2,4-7,10-11H,3,8-9,12-13H2,1H3,(H2,24,25)/t21-,22-/m0/s1. The largest absolute Gasteiger partial charge is 0.484 e. The molecule has 6 nitrogen and oxygen atoms in total. The smallest absolute Gasteiger partial charge is 0.261 e. The molecule has 3 heterocycles. The van der Waals surface area contributed by atoms with Gasteiger partial charge in [0.2, 0.25) is 0 Å². The minimum atomic E-state index is -1.10. The minimum absolute atomic E-state index is 0.132. The number of fused-ring (bicyclic) bond motifs is 2. The number of nitrogens with zero attached hydrogens (tertiary/aromatic N) is 2. The van der Waals surface area contributed by atoms with Gasteiger partial charge >= 0.3 is 0 Å². The van der Waals surface area contributed by atoms with Gasteiger partial charge < -0.3 is 15.2 Å². The number of benzene rings is 2. The zero-order chi connectivity index (χ0) is 20.2. The van der Waals surface area contributed by atoms with Crippen LogP contribution in [-0.2, 0) is 15.1 Å². The van der Waals surface area contributed by atoms with Crippen LogP contribution in [0.2, 0.25) is 5.02 Å². The van der Waals surface area contributed by atoms with Crippen LogP contribution in [0.25, 0.3) is 11.1 Å². The van der Waals surface area contributed by atoms with Gasteiger partial charge in [0.1, 0.15) is 11.4 Å². The van der Waals surface area contributed by atoms with Gasteiger partial charge in [0.05, 0.1) is 6.61 Å². The molecule has 0 radical (unpaired) electrons. The molecule has 1 amide bonds. The average molecular weight is 412 g/mol. The molecule has 2 N–H and O–H groups in total. The van der Waals surface area contributed by atoms with E-state index in [-0.39, 0.29) is 11.9 Å². The number of ether oxygens (including phenoxy) is 2. The number of likely N-dealkylation sites (N-methyl/N-ethyl adjacent to an activating group) is 1. The summed E-state index contributed by atoms with van der Waals surface area (Å²) in [6.45, 7) is 1.15. The first-order chi connectivity index (χ1) is 13.9. The number of nitrogens with two attached hydrogens (primary N) is 1. The highest BCUT2D eigenvalue weighted by molar-refractivity contribution is 6.30. The molecule has 150 valence electrons. The fourth-order valence-corrected chi connectivity index (χ4v) is 4.85. The van der Waals surface area contributed by atoms with Gasteiger partial charge in [-0.15, -0.1) is 0 Å². The number of rotatable bonds is 1. The quantitative estimate of drug-likeness (QED) is 0.780. The topological polar surface area (TPSA) is 77.2 Å². The fourth-order valence-electron chi connectivity index (χ4n) is 4.66. The predicted molar refractivity (Wildman–Crippen MR) is 111 cm³/mol. The van der Waals surface area contributed by atoms with E-state index < -0.39 is 11.1 Å². The molecule has 0 unspecified atom stereocenters. The van der Waals surface area contributed by atoms with E-state index in [1.165, 1.54) is 4.90 Å². The molecule has 2 spiro atoms. The van der Waals surface area contributed by atoms with Gasteiger partial charge in [-0.1, -0.05) is 29.8 Å². The third-order valence-electron chi connectivity index (χ3n) is 6.08. The molecule has 2 atom stereocenters. The monoisotopic (exact) mass is 411 g/mol. The Kier molecular flexibility index (Phi) is 4.12. The summed E-state index contributed by atoms with van der Waals surface area (Å²) in [7, 11) is 1.66. The van der Waals surface area contributed by atoms with Crippen LogP contribution in [-0.4, -0.2) is 42.6 Å². The van der Waals surface area contributed by atoms with E-state index in [2.05, 4.69) is 0 Å². The molecule has 2 aromatic carbocycles. The van der Waals surface area contributed by atoms with E-state index in [4.69, 9.17) is 31.8 Å². The summed E-state index contributed by atoms with van der Waals surface area (Å²) in [5.74, 6) is 0.753. The van der Waals surface area contributed by atoms with Crippen molar-refractivity contribution in [3.8, 4) is 16.9 Å². The summed E-state index contributed by atoms with van der Waals surface area (Å²) in [4.78, 5) is 19.5. The highest BCUT2D eigenvalue weighted by Crippen LogP contribution is 2.51. The van der Waals surface area contributed by atoms with Crippen LogP contribution in [0.15, 0.2) is 47.5 Å². The van der Waals surface area contributed by atoms with Gasteiger partial charge in [-0.3, -0.25) is 9.69 Å². The van der Waals surface area contributed by atoms with Crippen molar-refractivity contribution < 1.29 is 14.3 Å². The van der Waals surface area contributed by atoms with Gasteiger partial charge in [0.25, 0.3) is 5.91 Å². The van der Waals surface area contributed by atoms with E-state index >= 15 is 0 Å². The maximum Gasteiger partial charge on any atom is 0.261 e. The Balaban J connectivity index is 1.69. The second kappa shape index (κ2) is 6.47. The molecule has 0 bridgehead atoms. The summed E-state index contributed by atoms with van der Waals surface area (Å²) in [6, 6.07) is 13.5. The van der Waals surface area contributed by atoms with Gasteiger partial charge in [-0.25, -0.2) is 4.99 Å². The van der Waals surface area contributed by atoms with Crippen molar-refractivity contribution >= 4 is 23.5 Å². The molecule has 0 aromatic heterocycles. The number of hydrogen-bond donors (Lipinski definition) is 1. The number of carbonyl (C=O) groups is 1. The number of hydrogen-bond acceptors (Lipinski definition) is 5. The van der Waals surface area contributed by atoms with Crippen molar-refractivity contribution in [1.29, 1.82) is 0 Å². The summed E-state index contributed by atoms with van der Waals surface area (Å²) in [5, 5.41) is 0.656. The van der Waals surface area contributed by atoms with Gasteiger partial charge in [0.15, 0.2) is 11.5 Å². The third kappa shape index (κ3) is 2.81. The van der Waals surface area contributed by atoms with Crippen LogP contribution in [0.3, 0.4) is 0 Å². The summed E-state index contributed by atoms with van der Waals surface area (Å²) in [5.41, 5.74) is 7.06. The highest BCUT2D eigenvalue weighted by Gasteiger charge is 2.58. The molecule has 0 aliphatic carbocycles. The molecule has 3 aliphatic rings. The third-order valence-corrected chi connectivity index (χ3v) is 6.32. The number of halogens is 1. The first kappa shape index (κ1) is 18.5. The van der Waals surface area contributed by atoms with Crippen LogP contribution < -0.4 is 10.5 Å². The Morgan fingerprint density at radius 1 is 1.21 bits per heavy atom. The lowest BCUT2D eigenvalue weighted by atomic mass is 9.74. The van der Waals surface area contributed by atoms with Crippen LogP contribution in [0, 0.1) is 0 Å². The first-order valence-corrected chi connectivity index (χ1v) is 10.1. The predicted octanol–water partition coefficient (Wildman–Crippen LogP) is 3.32. The Labute approximate surface area is 174 Å². The summed E-state index contributed by atoms with van der Waals surface area (Å²) >= 11 is 6.18.